The van der Waals surface area contributed by atoms with Crippen molar-refractivity contribution in [2.75, 3.05) is 26.9 Å². The van der Waals surface area contributed by atoms with Crippen molar-refractivity contribution in [1.82, 2.24) is 0 Å². The predicted octanol–water partition coefficient (Wildman–Crippen LogP) is 2.04. The van der Waals surface area contributed by atoms with Crippen LogP contribution in [0.3, 0.4) is 0 Å². The third-order valence-corrected chi connectivity index (χ3v) is 3.17. The Bertz CT molecular complexity index is 186. The fourth-order valence-electron chi connectivity index (χ4n) is 2.24. The van der Waals surface area contributed by atoms with Crippen LogP contribution in [0, 0.1) is 0 Å². The van der Waals surface area contributed by atoms with E-state index in [1.807, 2.05) is 0 Å². The molecule has 1 aliphatic heterocycles. The number of methoxy groups -OCH3 is 1. The van der Waals surface area contributed by atoms with E-state index in [0.717, 1.165) is 25.9 Å². The monoisotopic (exact) mass is 233 g/mol. The molecule has 0 radical (unpaired) electrons. The molecule has 0 saturated carbocycles. The van der Waals surface area contributed by atoms with Gasteiger partial charge in [0.05, 0.1) is 12.7 Å². The van der Waals surface area contributed by atoms with Crippen LogP contribution in [0.4, 0.5) is 4.39 Å². The highest BCUT2D eigenvalue weighted by molar-refractivity contribution is 4.81. The Morgan fingerprint density at radius 3 is 2.88 bits per heavy atom. The largest absolute Gasteiger partial charge is 0.381 e. The van der Waals surface area contributed by atoms with Gasteiger partial charge in [-0.1, -0.05) is 0 Å². The van der Waals surface area contributed by atoms with Crippen LogP contribution in [0.2, 0.25) is 0 Å². The molecule has 1 rings (SSSR count). The zero-order valence-electron chi connectivity index (χ0n) is 10.2. The summed E-state index contributed by atoms with van der Waals surface area (Å²) in [6.45, 7) is 1.53. The molecule has 1 heterocycles. The number of rotatable bonds is 8. The zero-order chi connectivity index (χ0) is 11.9. The number of halogens is 1. The van der Waals surface area contributed by atoms with Gasteiger partial charge in [0.1, 0.15) is 5.67 Å². The minimum atomic E-state index is -1.22. The van der Waals surface area contributed by atoms with Crippen LogP contribution in [0.15, 0.2) is 0 Å². The van der Waals surface area contributed by atoms with Crippen LogP contribution in [0.5, 0.6) is 0 Å². The zero-order valence-corrected chi connectivity index (χ0v) is 10.2. The van der Waals surface area contributed by atoms with Crippen molar-refractivity contribution < 1.29 is 13.9 Å². The van der Waals surface area contributed by atoms with Gasteiger partial charge in [-0.05, 0) is 45.1 Å². The van der Waals surface area contributed by atoms with Gasteiger partial charge >= 0.3 is 0 Å². The third kappa shape index (κ3) is 4.76. The summed E-state index contributed by atoms with van der Waals surface area (Å²) < 4.78 is 24.9. The first-order chi connectivity index (χ1) is 7.70. The summed E-state index contributed by atoms with van der Waals surface area (Å²) in [5.74, 6) is 0. The van der Waals surface area contributed by atoms with Crippen molar-refractivity contribution in [2.45, 2.75) is 50.3 Å². The fraction of sp³-hybridized carbons (Fsp3) is 1.00. The lowest BCUT2D eigenvalue weighted by Crippen LogP contribution is -2.31. The minimum absolute atomic E-state index is 0.166. The molecule has 16 heavy (non-hydrogen) atoms. The summed E-state index contributed by atoms with van der Waals surface area (Å²) in [6.07, 6.45) is 4.95. The Labute approximate surface area is 97.5 Å². The van der Waals surface area contributed by atoms with Gasteiger partial charge in [-0.15, -0.1) is 0 Å². The molecule has 0 aromatic carbocycles. The first-order valence-electron chi connectivity index (χ1n) is 6.20. The molecule has 0 spiro atoms. The van der Waals surface area contributed by atoms with Crippen molar-refractivity contribution >= 4 is 0 Å². The number of ether oxygens (including phenoxy) is 2. The predicted molar refractivity (Wildman–Crippen MR) is 62.2 cm³/mol. The highest BCUT2D eigenvalue weighted by atomic mass is 19.1. The Morgan fingerprint density at radius 1 is 1.50 bits per heavy atom. The summed E-state index contributed by atoms with van der Waals surface area (Å²) in [4.78, 5) is 0. The van der Waals surface area contributed by atoms with Gasteiger partial charge in [-0.25, -0.2) is 4.39 Å². The molecule has 1 fully saturated rings. The molecule has 96 valence electrons. The van der Waals surface area contributed by atoms with E-state index < -0.39 is 5.67 Å². The Balaban J connectivity index is 2.29. The van der Waals surface area contributed by atoms with E-state index >= 15 is 0 Å². The lowest BCUT2D eigenvalue weighted by atomic mass is 9.93. The van der Waals surface area contributed by atoms with E-state index in [1.165, 1.54) is 0 Å². The van der Waals surface area contributed by atoms with E-state index in [4.69, 9.17) is 15.2 Å². The molecule has 3 nitrogen and oxygen atoms in total. The maximum absolute atomic E-state index is 14.4. The second kappa shape index (κ2) is 7.20. The van der Waals surface area contributed by atoms with Crippen LogP contribution < -0.4 is 5.73 Å². The van der Waals surface area contributed by atoms with Crippen LogP contribution in [0.1, 0.15) is 38.5 Å². The lowest BCUT2D eigenvalue weighted by Gasteiger charge is -2.25. The molecule has 0 aromatic heterocycles. The fourth-order valence-corrected chi connectivity index (χ4v) is 2.24. The Hall–Kier alpha value is -0.190. The standard InChI is InChI=1S/C12H24FNO2/c1-15-10-12(13,6-3-8-14)7-5-11-4-2-9-16-11/h11H,2-10,14H2,1H3. The third-order valence-electron chi connectivity index (χ3n) is 3.17. The maximum Gasteiger partial charge on any atom is 0.134 e. The highest BCUT2D eigenvalue weighted by Crippen LogP contribution is 2.28. The molecule has 4 heteroatoms. The van der Waals surface area contributed by atoms with Gasteiger partial charge in [0.2, 0.25) is 0 Å². The summed E-state index contributed by atoms with van der Waals surface area (Å²) in [7, 11) is 1.54. The summed E-state index contributed by atoms with van der Waals surface area (Å²) in [5, 5.41) is 0. The minimum Gasteiger partial charge on any atom is -0.381 e. The van der Waals surface area contributed by atoms with Gasteiger partial charge in [-0.3, -0.25) is 0 Å². The second-order valence-electron chi connectivity index (χ2n) is 4.65. The van der Waals surface area contributed by atoms with Crippen LogP contribution >= 0.6 is 0 Å². The molecule has 0 bridgehead atoms. The number of nitrogens with two attached hydrogens (primary N) is 1. The number of alkyl halides is 1. The summed E-state index contributed by atoms with van der Waals surface area (Å²) >= 11 is 0. The second-order valence-corrected chi connectivity index (χ2v) is 4.65. The molecule has 2 unspecified atom stereocenters. The molecule has 0 aromatic rings. The van der Waals surface area contributed by atoms with Gasteiger partial charge in [-0.2, -0.15) is 0 Å². The quantitative estimate of drug-likeness (QED) is 0.697. The summed E-state index contributed by atoms with van der Waals surface area (Å²) in [6, 6.07) is 0. The van der Waals surface area contributed by atoms with Gasteiger partial charge in [0.25, 0.3) is 0 Å². The highest BCUT2D eigenvalue weighted by Gasteiger charge is 2.30. The maximum atomic E-state index is 14.4. The normalized spacial score (nSPS) is 24.6. The van der Waals surface area contributed by atoms with Crippen LogP contribution in [0.25, 0.3) is 0 Å². The van der Waals surface area contributed by atoms with Gasteiger partial charge < -0.3 is 15.2 Å². The van der Waals surface area contributed by atoms with Crippen molar-refractivity contribution in [3.8, 4) is 0 Å². The summed E-state index contributed by atoms with van der Waals surface area (Å²) in [5.41, 5.74) is 4.20. The average molecular weight is 233 g/mol. The van der Waals surface area contributed by atoms with Crippen molar-refractivity contribution in [2.24, 2.45) is 5.73 Å². The molecular weight excluding hydrogens is 209 g/mol. The van der Waals surface area contributed by atoms with Crippen LogP contribution in [-0.4, -0.2) is 38.6 Å². The molecular formula is C12H24FNO2. The average Bonchev–Trinajstić information content (AvgIpc) is 2.77. The lowest BCUT2D eigenvalue weighted by molar-refractivity contribution is 0.0107. The van der Waals surface area contributed by atoms with E-state index in [2.05, 4.69) is 0 Å². The first-order valence-corrected chi connectivity index (χ1v) is 6.20. The molecule has 1 saturated heterocycles. The van der Waals surface area contributed by atoms with E-state index in [0.29, 0.717) is 25.8 Å². The Morgan fingerprint density at radius 2 is 2.31 bits per heavy atom. The van der Waals surface area contributed by atoms with E-state index in [9.17, 15) is 4.39 Å². The number of hydrogen-bond acceptors (Lipinski definition) is 3. The topological polar surface area (TPSA) is 44.5 Å². The van der Waals surface area contributed by atoms with Crippen molar-refractivity contribution in [3.63, 3.8) is 0 Å². The van der Waals surface area contributed by atoms with Gasteiger partial charge in [0.15, 0.2) is 0 Å². The van der Waals surface area contributed by atoms with Gasteiger partial charge in [0, 0.05) is 13.7 Å². The molecule has 2 atom stereocenters. The van der Waals surface area contributed by atoms with Crippen LogP contribution in [-0.2, 0) is 9.47 Å². The van der Waals surface area contributed by atoms with Crippen molar-refractivity contribution in [3.05, 3.63) is 0 Å². The van der Waals surface area contributed by atoms with E-state index in [1.54, 1.807) is 7.11 Å². The molecule has 0 aliphatic carbocycles. The van der Waals surface area contributed by atoms with E-state index in [-0.39, 0.29) is 12.7 Å². The molecule has 1 aliphatic rings. The molecule has 0 amide bonds. The SMILES string of the molecule is COCC(F)(CCCN)CCC1CCCO1. The molecule has 2 N–H and O–H groups in total. The smallest absolute Gasteiger partial charge is 0.134 e. The first kappa shape index (κ1) is 13.9. The Kier molecular flexibility index (Phi) is 6.24. The van der Waals surface area contributed by atoms with Crippen molar-refractivity contribution in [1.29, 1.82) is 0 Å². The number of hydrogen-bond donors (Lipinski definition) is 1.